The van der Waals surface area contributed by atoms with Crippen LogP contribution in [0.3, 0.4) is 0 Å². The number of hydrogen-bond donors (Lipinski definition) is 1. The Labute approximate surface area is 167 Å². The average Bonchev–Trinajstić information content (AvgIpc) is 2.60. The zero-order valence-corrected chi connectivity index (χ0v) is 17.5. The third kappa shape index (κ3) is 6.26. The maximum absolute atomic E-state index is 12.2. The van der Waals surface area contributed by atoms with Crippen LogP contribution >= 0.6 is 11.6 Å². The summed E-state index contributed by atoms with van der Waals surface area (Å²) in [6, 6.07) is 15.8. The van der Waals surface area contributed by atoms with Crippen molar-refractivity contribution in [3.05, 3.63) is 64.7 Å². The Bertz CT molecular complexity index is 752. The van der Waals surface area contributed by atoms with E-state index in [9.17, 15) is 4.79 Å². The molecule has 5 heteroatoms. The Balaban J connectivity index is 1.94. The van der Waals surface area contributed by atoms with Gasteiger partial charge in [0.25, 0.3) is 5.91 Å². The van der Waals surface area contributed by atoms with Gasteiger partial charge >= 0.3 is 0 Å². The molecule has 1 atom stereocenters. The topological polar surface area (TPSA) is 41.6 Å². The van der Waals surface area contributed by atoms with Crippen LogP contribution in [0, 0.1) is 0 Å². The maximum atomic E-state index is 12.2. The first-order valence-electron chi connectivity index (χ1n) is 9.09. The number of para-hydroxylation sites is 1. The molecule has 0 aliphatic carbocycles. The number of halogens is 1. The summed E-state index contributed by atoms with van der Waals surface area (Å²) in [7, 11) is 4.02. The molecular formula is C22H29ClN2O2. The van der Waals surface area contributed by atoms with Crippen molar-refractivity contribution in [3.63, 3.8) is 0 Å². The molecule has 1 N–H and O–H groups in total. The Hall–Kier alpha value is -2.04. The number of carbonyl (C=O) groups is 1. The molecule has 2 rings (SSSR count). The standard InChI is InChI=1S/C22H29ClN2O2/c1-22(2,3)17-12-10-16(11-13-17)19(25(4)5)14-24-21(26)15-27-20-9-7-6-8-18(20)23/h6-13,19H,14-15H2,1-5H3,(H,24,26)/t19-/m1/s1. The molecule has 2 aromatic rings. The molecule has 146 valence electrons. The monoisotopic (exact) mass is 388 g/mol. The van der Waals surface area contributed by atoms with Crippen molar-refractivity contribution in [1.29, 1.82) is 0 Å². The van der Waals surface area contributed by atoms with E-state index in [-0.39, 0.29) is 24.0 Å². The van der Waals surface area contributed by atoms with Crippen LogP contribution in [0.5, 0.6) is 5.75 Å². The van der Waals surface area contributed by atoms with E-state index in [1.54, 1.807) is 12.1 Å². The molecule has 0 heterocycles. The average molecular weight is 389 g/mol. The zero-order valence-electron chi connectivity index (χ0n) is 16.8. The molecule has 0 fully saturated rings. The highest BCUT2D eigenvalue weighted by molar-refractivity contribution is 6.32. The molecule has 0 saturated carbocycles. The molecule has 1 amide bonds. The second-order valence-corrected chi connectivity index (χ2v) is 8.28. The van der Waals surface area contributed by atoms with E-state index in [1.807, 2.05) is 26.2 Å². The molecular weight excluding hydrogens is 360 g/mol. The number of nitrogens with one attached hydrogen (secondary N) is 1. The van der Waals surface area contributed by atoms with Crippen LogP contribution < -0.4 is 10.1 Å². The van der Waals surface area contributed by atoms with Crippen molar-refractivity contribution in [2.24, 2.45) is 0 Å². The minimum atomic E-state index is -0.173. The van der Waals surface area contributed by atoms with E-state index in [0.717, 1.165) is 0 Å². The summed E-state index contributed by atoms with van der Waals surface area (Å²) < 4.78 is 5.49. The maximum Gasteiger partial charge on any atom is 0.258 e. The number of likely N-dealkylation sites (N-methyl/N-ethyl adjacent to an activating group) is 1. The van der Waals surface area contributed by atoms with Crippen molar-refractivity contribution < 1.29 is 9.53 Å². The Morgan fingerprint density at radius 2 is 1.74 bits per heavy atom. The van der Waals surface area contributed by atoms with Crippen molar-refractivity contribution in [3.8, 4) is 5.75 Å². The lowest BCUT2D eigenvalue weighted by Gasteiger charge is -2.26. The van der Waals surface area contributed by atoms with Gasteiger partial charge in [-0.15, -0.1) is 0 Å². The van der Waals surface area contributed by atoms with E-state index >= 15 is 0 Å². The number of hydrogen-bond acceptors (Lipinski definition) is 3. The summed E-state index contributed by atoms with van der Waals surface area (Å²) >= 11 is 6.04. The summed E-state index contributed by atoms with van der Waals surface area (Å²) in [5.41, 5.74) is 2.58. The Morgan fingerprint density at radius 1 is 1.11 bits per heavy atom. The molecule has 0 spiro atoms. The molecule has 0 aliphatic rings. The van der Waals surface area contributed by atoms with Gasteiger partial charge in [0.05, 0.1) is 11.1 Å². The summed E-state index contributed by atoms with van der Waals surface area (Å²) in [6.07, 6.45) is 0. The van der Waals surface area contributed by atoms with E-state index in [4.69, 9.17) is 16.3 Å². The highest BCUT2D eigenvalue weighted by atomic mass is 35.5. The molecule has 0 aliphatic heterocycles. The van der Waals surface area contributed by atoms with Crippen LogP contribution in [-0.4, -0.2) is 38.1 Å². The number of rotatable bonds is 7. The fourth-order valence-electron chi connectivity index (χ4n) is 2.77. The first-order chi connectivity index (χ1) is 12.7. The highest BCUT2D eigenvalue weighted by Gasteiger charge is 2.18. The van der Waals surface area contributed by atoms with E-state index in [2.05, 4.69) is 55.3 Å². The van der Waals surface area contributed by atoms with Gasteiger partial charge in [-0.25, -0.2) is 0 Å². The molecule has 0 bridgehead atoms. The number of benzene rings is 2. The lowest BCUT2D eigenvalue weighted by atomic mass is 9.86. The zero-order chi connectivity index (χ0) is 20.0. The van der Waals surface area contributed by atoms with Gasteiger partial charge in [-0.3, -0.25) is 4.79 Å². The molecule has 27 heavy (non-hydrogen) atoms. The van der Waals surface area contributed by atoms with Gasteiger partial charge in [0.1, 0.15) is 5.75 Å². The minimum Gasteiger partial charge on any atom is -0.482 e. The lowest BCUT2D eigenvalue weighted by molar-refractivity contribution is -0.123. The predicted octanol–water partition coefficient (Wildman–Crippen LogP) is 4.44. The minimum absolute atomic E-state index is 0.0627. The third-order valence-electron chi connectivity index (χ3n) is 4.47. The van der Waals surface area contributed by atoms with Gasteiger partial charge < -0.3 is 15.0 Å². The fraction of sp³-hybridized carbons (Fsp3) is 0.409. The SMILES string of the molecule is CN(C)[C@H](CNC(=O)COc1ccccc1Cl)c1ccc(C(C)(C)C)cc1. The van der Waals surface area contributed by atoms with Gasteiger partial charge in [-0.1, -0.05) is 68.8 Å². The Morgan fingerprint density at radius 3 is 2.30 bits per heavy atom. The van der Waals surface area contributed by atoms with Gasteiger partial charge in [-0.2, -0.15) is 0 Å². The predicted molar refractivity (Wildman–Crippen MR) is 112 cm³/mol. The number of ether oxygens (including phenoxy) is 1. The first kappa shape index (κ1) is 21.3. The van der Waals surface area contributed by atoms with Crippen LogP contribution in [0.2, 0.25) is 5.02 Å². The summed E-state index contributed by atoms with van der Waals surface area (Å²) in [4.78, 5) is 14.3. The number of carbonyl (C=O) groups excluding carboxylic acids is 1. The van der Waals surface area contributed by atoms with Crippen LogP contribution in [0.4, 0.5) is 0 Å². The summed E-state index contributed by atoms with van der Waals surface area (Å²) in [5.74, 6) is 0.337. The molecule has 0 radical (unpaired) electrons. The van der Waals surface area contributed by atoms with Crippen LogP contribution in [0.1, 0.15) is 37.9 Å². The second kappa shape index (κ2) is 9.25. The van der Waals surface area contributed by atoms with Crippen molar-refractivity contribution in [2.45, 2.75) is 32.2 Å². The third-order valence-corrected chi connectivity index (χ3v) is 4.79. The lowest BCUT2D eigenvalue weighted by Crippen LogP contribution is -2.36. The van der Waals surface area contributed by atoms with Crippen LogP contribution in [0.25, 0.3) is 0 Å². The smallest absolute Gasteiger partial charge is 0.258 e. The number of nitrogens with zero attached hydrogens (tertiary/aromatic N) is 1. The molecule has 0 saturated heterocycles. The van der Waals surface area contributed by atoms with Crippen molar-refractivity contribution >= 4 is 17.5 Å². The molecule has 4 nitrogen and oxygen atoms in total. The van der Waals surface area contributed by atoms with E-state index < -0.39 is 0 Å². The van der Waals surface area contributed by atoms with Crippen molar-refractivity contribution in [2.75, 3.05) is 27.2 Å². The molecule has 2 aromatic carbocycles. The largest absolute Gasteiger partial charge is 0.482 e. The van der Waals surface area contributed by atoms with Crippen LogP contribution in [0.15, 0.2) is 48.5 Å². The summed E-state index contributed by atoms with van der Waals surface area (Å²) in [6.45, 7) is 7.04. The van der Waals surface area contributed by atoms with Gasteiger partial charge in [0.2, 0.25) is 0 Å². The summed E-state index contributed by atoms with van der Waals surface area (Å²) in [5, 5.41) is 3.44. The van der Waals surface area contributed by atoms with Gasteiger partial charge in [0, 0.05) is 6.54 Å². The second-order valence-electron chi connectivity index (χ2n) is 7.87. The quantitative estimate of drug-likeness (QED) is 0.762. The molecule has 0 unspecified atom stereocenters. The van der Waals surface area contributed by atoms with Gasteiger partial charge in [0.15, 0.2) is 6.61 Å². The number of amides is 1. The molecule has 0 aromatic heterocycles. The fourth-order valence-corrected chi connectivity index (χ4v) is 2.96. The Kier molecular flexibility index (Phi) is 7.28. The van der Waals surface area contributed by atoms with Crippen LogP contribution in [-0.2, 0) is 10.2 Å². The first-order valence-corrected chi connectivity index (χ1v) is 9.47. The normalized spacial score (nSPS) is 12.7. The van der Waals surface area contributed by atoms with E-state index in [1.165, 1.54) is 11.1 Å². The highest BCUT2D eigenvalue weighted by Crippen LogP contribution is 2.25. The van der Waals surface area contributed by atoms with E-state index in [0.29, 0.717) is 17.3 Å². The van der Waals surface area contributed by atoms with Gasteiger partial charge in [-0.05, 0) is 42.8 Å². The van der Waals surface area contributed by atoms with Crippen molar-refractivity contribution in [1.82, 2.24) is 10.2 Å².